The molecule has 0 aromatic carbocycles. The predicted octanol–water partition coefficient (Wildman–Crippen LogP) is 3.54. The first-order chi connectivity index (χ1) is 11.5. The van der Waals surface area contributed by atoms with Crippen molar-refractivity contribution in [2.24, 2.45) is 0 Å². The van der Waals surface area contributed by atoms with Gasteiger partial charge in [0.1, 0.15) is 0 Å². The summed E-state index contributed by atoms with van der Waals surface area (Å²) in [5.41, 5.74) is 10.2. The lowest BCUT2D eigenvalue weighted by Crippen LogP contribution is -2.03. The SMILES string of the molecule is C1CCNC1.COc1nc(C(C)C)ccc1-c1ncc(N)cc1C. The van der Waals surface area contributed by atoms with Gasteiger partial charge in [0.15, 0.2) is 0 Å². The number of aryl methyl sites for hydroxylation is 1. The van der Waals surface area contributed by atoms with Crippen LogP contribution in [0.25, 0.3) is 11.3 Å². The highest BCUT2D eigenvalue weighted by Gasteiger charge is 2.13. The molecule has 0 saturated carbocycles. The van der Waals surface area contributed by atoms with E-state index in [4.69, 9.17) is 10.5 Å². The first-order valence-electron chi connectivity index (χ1n) is 8.51. The van der Waals surface area contributed by atoms with Crippen LogP contribution in [0.1, 0.15) is 43.9 Å². The smallest absolute Gasteiger partial charge is 0.222 e. The molecule has 1 fully saturated rings. The lowest BCUT2D eigenvalue weighted by Gasteiger charge is -2.12. The molecule has 0 atom stereocenters. The van der Waals surface area contributed by atoms with E-state index in [1.54, 1.807) is 13.3 Å². The average Bonchev–Trinajstić information content (AvgIpc) is 3.14. The zero-order valence-corrected chi connectivity index (χ0v) is 15.1. The highest BCUT2D eigenvalue weighted by atomic mass is 16.5. The minimum Gasteiger partial charge on any atom is -0.480 e. The highest BCUT2D eigenvalue weighted by Crippen LogP contribution is 2.31. The number of pyridine rings is 2. The first kappa shape index (κ1) is 18.2. The van der Waals surface area contributed by atoms with Gasteiger partial charge in [-0.3, -0.25) is 4.98 Å². The minimum absolute atomic E-state index is 0.364. The largest absolute Gasteiger partial charge is 0.480 e. The Morgan fingerprint density at radius 2 is 1.92 bits per heavy atom. The fraction of sp³-hybridized carbons (Fsp3) is 0.474. The Balaban J connectivity index is 0.000000355. The second-order valence-electron chi connectivity index (χ2n) is 6.34. The van der Waals surface area contributed by atoms with E-state index in [1.165, 1.54) is 25.9 Å². The van der Waals surface area contributed by atoms with Gasteiger partial charge >= 0.3 is 0 Å². The number of hydrogen-bond acceptors (Lipinski definition) is 5. The number of hydrogen-bond donors (Lipinski definition) is 2. The van der Waals surface area contributed by atoms with Crippen molar-refractivity contribution in [3.63, 3.8) is 0 Å². The van der Waals surface area contributed by atoms with Crippen LogP contribution in [0, 0.1) is 6.92 Å². The molecule has 130 valence electrons. The lowest BCUT2D eigenvalue weighted by atomic mass is 10.0. The van der Waals surface area contributed by atoms with Gasteiger partial charge in [-0.1, -0.05) is 13.8 Å². The van der Waals surface area contributed by atoms with E-state index < -0.39 is 0 Å². The molecule has 0 bridgehead atoms. The molecule has 1 aliphatic heterocycles. The Morgan fingerprint density at radius 1 is 1.21 bits per heavy atom. The Hall–Kier alpha value is -2.14. The third-order valence-corrected chi connectivity index (χ3v) is 3.98. The third kappa shape index (κ3) is 4.68. The lowest BCUT2D eigenvalue weighted by molar-refractivity contribution is 0.397. The Morgan fingerprint density at radius 3 is 2.42 bits per heavy atom. The van der Waals surface area contributed by atoms with Gasteiger partial charge < -0.3 is 15.8 Å². The summed E-state index contributed by atoms with van der Waals surface area (Å²) >= 11 is 0. The van der Waals surface area contributed by atoms with Crippen LogP contribution in [0.2, 0.25) is 0 Å². The van der Waals surface area contributed by atoms with Gasteiger partial charge in [-0.15, -0.1) is 0 Å². The van der Waals surface area contributed by atoms with E-state index in [9.17, 15) is 0 Å². The van der Waals surface area contributed by atoms with Crippen molar-refractivity contribution in [1.29, 1.82) is 0 Å². The topological polar surface area (TPSA) is 73.1 Å². The van der Waals surface area contributed by atoms with Crippen molar-refractivity contribution in [1.82, 2.24) is 15.3 Å². The summed E-state index contributed by atoms with van der Waals surface area (Å²) < 4.78 is 5.39. The van der Waals surface area contributed by atoms with Gasteiger partial charge in [0.25, 0.3) is 0 Å². The van der Waals surface area contributed by atoms with Crippen LogP contribution in [0.3, 0.4) is 0 Å². The molecular formula is C19H28N4O. The zero-order chi connectivity index (χ0) is 17.5. The van der Waals surface area contributed by atoms with Crippen molar-refractivity contribution >= 4 is 5.69 Å². The molecule has 2 aromatic heterocycles. The number of nitrogens with two attached hydrogens (primary N) is 1. The monoisotopic (exact) mass is 328 g/mol. The number of nitrogens with one attached hydrogen (secondary N) is 1. The van der Waals surface area contributed by atoms with Gasteiger partial charge in [0, 0.05) is 5.69 Å². The van der Waals surface area contributed by atoms with Gasteiger partial charge in [-0.05, 0) is 62.5 Å². The molecule has 5 nitrogen and oxygen atoms in total. The molecule has 3 N–H and O–H groups in total. The van der Waals surface area contributed by atoms with Crippen molar-refractivity contribution < 1.29 is 4.74 Å². The summed E-state index contributed by atoms with van der Waals surface area (Å²) in [4.78, 5) is 8.92. The molecule has 1 aliphatic rings. The van der Waals surface area contributed by atoms with E-state index in [-0.39, 0.29) is 0 Å². The number of nitrogens with zero attached hydrogens (tertiary/aromatic N) is 2. The average molecular weight is 328 g/mol. The number of anilines is 1. The fourth-order valence-corrected chi connectivity index (χ4v) is 2.62. The molecule has 0 aliphatic carbocycles. The molecule has 0 amide bonds. The molecule has 3 rings (SSSR count). The van der Waals surface area contributed by atoms with E-state index in [1.807, 2.05) is 25.1 Å². The predicted molar refractivity (Wildman–Crippen MR) is 99.4 cm³/mol. The van der Waals surface area contributed by atoms with Crippen LogP contribution in [0.5, 0.6) is 5.88 Å². The standard InChI is InChI=1S/C15H19N3O.C4H9N/c1-9(2)13-6-5-12(15(18-13)19-4)14-10(3)7-11(16)8-17-14;1-2-4-5-3-1/h5-9H,16H2,1-4H3;5H,1-4H2. The Bertz CT molecular complexity index is 659. The highest BCUT2D eigenvalue weighted by molar-refractivity contribution is 5.69. The van der Waals surface area contributed by atoms with Crippen LogP contribution in [0.15, 0.2) is 24.4 Å². The summed E-state index contributed by atoms with van der Waals surface area (Å²) in [6, 6.07) is 5.92. The van der Waals surface area contributed by atoms with Crippen LogP contribution in [-0.2, 0) is 0 Å². The third-order valence-electron chi connectivity index (χ3n) is 3.98. The molecule has 5 heteroatoms. The van der Waals surface area contributed by atoms with E-state index in [0.717, 1.165) is 22.5 Å². The quantitative estimate of drug-likeness (QED) is 0.901. The Labute approximate surface area is 144 Å². The van der Waals surface area contributed by atoms with Crippen LogP contribution in [-0.4, -0.2) is 30.2 Å². The van der Waals surface area contributed by atoms with Crippen LogP contribution in [0.4, 0.5) is 5.69 Å². The van der Waals surface area contributed by atoms with Crippen LogP contribution >= 0.6 is 0 Å². The second kappa shape index (κ2) is 8.64. The summed E-state index contributed by atoms with van der Waals surface area (Å²) in [5, 5.41) is 3.22. The van der Waals surface area contributed by atoms with Gasteiger partial charge in [0.05, 0.1) is 30.3 Å². The normalized spacial score (nSPS) is 13.5. The molecule has 0 spiro atoms. The Kier molecular flexibility index (Phi) is 6.55. The maximum atomic E-state index is 5.73. The molecule has 0 unspecified atom stereocenters. The first-order valence-corrected chi connectivity index (χ1v) is 8.51. The summed E-state index contributed by atoms with van der Waals surface area (Å²) in [5.74, 6) is 0.968. The molecule has 1 saturated heterocycles. The second-order valence-corrected chi connectivity index (χ2v) is 6.34. The summed E-state index contributed by atoms with van der Waals surface area (Å²) in [6.07, 6.45) is 4.43. The number of nitrogen functional groups attached to an aromatic ring is 1. The van der Waals surface area contributed by atoms with Crippen molar-refractivity contribution in [2.75, 3.05) is 25.9 Å². The van der Waals surface area contributed by atoms with E-state index in [2.05, 4.69) is 29.1 Å². The molecular weight excluding hydrogens is 300 g/mol. The number of aromatic nitrogens is 2. The summed E-state index contributed by atoms with van der Waals surface area (Å²) in [7, 11) is 1.63. The van der Waals surface area contributed by atoms with Crippen molar-refractivity contribution in [3.05, 3.63) is 35.7 Å². The fourth-order valence-electron chi connectivity index (χ4n) is 2.62. The van der Waals surface area contributed by atoms with E-state index >= 15 is 0 Å². The van der Waals surface area contributed by atoms with Gasteiger partial charge in [-0.2, -0.15) is 0 Å². The number of methoxy groups -OCH3 is 1. The minimum atomic E-state index is 0.364. The zero-order valence-electron chi connectivity index (χ0n) is 15.1. The molecule has 2 aromatic rings. The van der Waals surface area contributed by atoms with Crippen molar-refractivity contribution in [2.45, 2.75) is 39.5 Å². The van der Waals surface area contributed by atoms with E-state index in [0.29, 0.717) is 17.5 Å². The van der Waals surface area contributed by atoms with Crippen molar-refractivity contribution in [3.8, 4) is 17.1 Å². The number of rotatable bonds is 3. The summed E-state index contributed by atoms with van der Waals surface area (Å²) in [6.45, 7) is 8.69. The molecule has 3 heterocycles. The maximum Gasteiger partial charge on any atom is 0.222 e. The number of ether oxygens (including phenoxy) is 1. The maximum absolute atomic E-state index is 5.73. The van der Waals surface area contributed by atoms with Crippen LogP contribution < -0.4 is 15.8 Å². The molecule has 24 heavy (non-hydrogen) atoms. The molecule has 0 radical (unpaired) electrons. The van der Waals surface area contributed by atoms with Gasteiger partial charge in [-0.25, -0.2) is 4.98 Å². The van der Waals surface area contributed by atoms with Gasteiger partial charge in [0.2, 0.25) is 5.88 Å².